The molecule has 0 bridgehead atoms. The second-order valence-corrected chi connectivity index (χ2v) is 5.06. The van der Waals surface area contributed by atoms with Gasteiger partial charge in [0.05, 0.1) is 11.4 Å². The molecule has 5 nitrogen and oxygen atoms in total. The fourth-order valence-corrected chi connectivity index (χ4v) is 2.27. The molecule has 0 atom stereocenters. The van der Waals surface area contributed by atoms with E-state index in [1.165, 1.54) is 0 Å². The molecule has 0 spiro atoms. The van der Waals surface area contributed by atoms with Crippen molar-refractivity contribution in [3.63, 3.8) is 0 Å². The lowest BCUT2D eigenvalue weighted by Crippen LogP contribution is -2.19. The summed E-state index contributed by atoms with van der Waals surface area (Å²) in [4.78, 5) is 16.4. The minimum absolute atomic E-state index is 0.342. The Bertz CT molecular complexity index is 812. The van der Waals surface area contributed by atoms with Gasteiger partial charge in [-0.25, -0.2) is 9.78 Å². The number of aryl methyl sites for hydroxylation is 1. The maximum absolute atomic E-state index is 12.0. The van der Waals surface area contributed by atoms with E-state index in [0.29, 0.717) is 22.0 Å². The third-order valence-electron chi connectivity index (χ3n) is 2.93. The Labute approximate surface area is 126 Å². The summed E-state index contributed by atoms with van der Waals surface area (Å²) in [5, 5.41) is 6.09. The minimum atomic E-state index is -0.342. The van der Waals surface area contributed by atoms with Gasteiger partial charge in [0.1, 0.15) is 0 Å². The zero-order valence-corrected chi connectivity index (χ0v) is 12.1. The topological polar surface area (TPSA) is 58.4 Å². The van der Waals surface area contributed by atoms with Crippen molar-refractivity contribution >= 4 is 34.7 Å². The summed E-state index contributed by atoms with van der Waals surface area (Å²) in [7, 11) is 0. The Balaban J connectivity index is 1.80. The summed E-state index contributed by atoms with van der Waals surface area (Å²) in [5.41, 5.74) is 2.87. The van der Waals surface area contributed by atoms with E-state index in [1.54, 1.807) is 30.3 Å². The van der Waals surface area contributed by atoms with Gasteiger partial charge in [0.2, 0.25) is 0 Å². The second kappa shape index (κ2) is 5.46. The molecule has 106 valence electrons. The average Bonchev–Trinajstić information content (AvgIpc) is 2.80. The first-order valence-electron chi connectivity index (χ1n) is 6.40. The SMILES string of the molecule is Cc1cn2cccc(NC(=O)Nc3cccc(Cl)c3)c2n1. The molecular formula is C15H13ClN4O. The van der Waals surface area contributed by atoms with Crippen LogP contribution in [0.15, 0.2) is 48.8 Å². The quantitative estimate of drug-likeness (QED) is 0.753. The van der Waals surface area contributed by atoms with Gasteiger partial charge < -0.3 is 15.0 Å². The van der Waals surface area contributed by atoms with Gasteiger partial charge in [0, 0.05) is 23.1 Å². The fraction of sp³-hybridized carbons (Fsp3) is 0.0667. The number of carbonyl (C=O) groups excluding carboxylic acids is 1. The number of anilines is 2. The van der Waals surface area contributed by atoms with Gasteiger partial charge in [0.15, 0.2) is 5.65 Å². The number of pyridine rings is 1. The van der Waals surface area contributed by atoms with E-state index in [0.717, 1.165) is 5.69 Å². The van der Waals surface area contributed by atoms with Crippen LogP contribution in [0, 0.1) is 6.92 Å². The Morgan fingerprint density at radius 2 is 2.10 bits per heavy atom. The van der Waals surface area contributed by atoms with Gasteiger partial charge in [-0.15, -0.1) is 0 Å². The molecule has 0 saturated carbocycles. The average molecular weight is 301 g/mol. The number of benzene rings is 1. The van der Waals surface area contributed by atoms with Crippen molar-refractivity contribution in [1.82, 2.24) is 9.38 Å². The van der Waals surface area contributed by atoms with Crippen LogP contribution in [0.4, 0.5) is 16.2 Å². The number of fused-ring (bicyclic) bond motifs is 1. The molecule has 21 heavy (non-hydrogen) atoms. The number of imidazole rings is 1. The molecule has 0 fully saturated rings. The van der Waals surface area contributed by atoms with E-state index in [4.69, 9.17) is 11.6 Å². The standard InChI is InChI=1S/C15H13ClN4O/c1-10-9-20-7-3-6-13(14(20)17-10)19-15(21)18-12-5-2-4-11(16)8-12/h2-9H,1H3,(H2,18,19,21). The number of nitrogens with one attached hydrogen (secondary N) is 2. The normalized spacial score (nSPS) is 10.6. The highest BCUT2D eigenvalue weighted by molar-refractivity contribution is 6.30. The number of hydrogen-bond donors (Lipinski definition) is 2. The van der Waals surface area contributed by atoms with Crippen LogP contribution in [0.2, 0.25) is 5.02 Å². The lowest BCUT2D eigenvalue weighted by atomic mass is 10.3. The van der Waals surface area contributed by atoms with Crippen molar-refractivity contribution < 1.29 is 4.79 Å². The van der Waals surface area contributed by atoms with E-state index in [-0.39, 0.29) is 6.03 Å². The van der Waals surface area contributed by atoms with Gasteiger partial charge in [-0.05, 0) is 37.3 Å². The van der Waals surface area contributed by atoms with Crippen molar-refractivity contribution in [2.75, 3.05) is 10.6 Å². The number of halogens is 1. The Hall–Kier alpha value is -2.53. The van der Waals surface area contributed by atoms with E-state index >= 15 is 0 Å². The molecule has 2 N–H and O–H groups in total. The summed E-state index contributed by atoms with van der Waals surface area (Å²) in [6, 6.07) is 10.3. The summed E-state index contributed by atoms with van der Waals surface area (Å²) < 4.78 is 1.87. The monoisotopic (exact) mass is 300 g/mol. The fourth-order valence-electron chi connectivity index (χ4n) is 2.08. The lowest BCUT2D eigenvalue weighted by Gasteiger charge is -2.08. The summed E-state index contributed by atoms with van der Waals surface area (Å²) >= 11 is 5.88. The molecule has 0 radical (unpaired) electrons. The predicted molar refractivity (Wildman–Crippen MR) is 84.0 cm³/mol. The van der Waals surface area contributed by atoms with Crippen LogP contribution in [0.1, 0.15) is 5.69 Å². The molecule has 6 heteroatoms. The number of nitrogens with zero attached hydrogens (tertiary/aromatic N) is 2. The summed E-state index contributed by atoms with van der Waals surface area (Å²) in [6.45, 7) is 1.91. The van der Waals surface area contributed by atoms with Crippen LogP contribution in [0.5, 0.6) is 0 Å². The zero-order valence-electron chi connectivity index (χ0n) is 11.3. The van der Waals surface area contributed by atoms with Crippen molar-refractivity contribution in [2.24, 2.45) is 0 Å². The second-order valence-electron chi connectivity index (χ2n) is 4.62. The number of urea groups is 1. The molecule has 1 aromatic carbocycles. The van der Waals surface area contributed by atoms with Crippen LogP contribution in [0.3, 0.4) is 0 Å². The molecule has 2 amide bonds. The van der Waals surface area contributed by atoms with Crippen molar-refractivity contribution in [1.29, 1.82) is 0 Å². The summed E-state index contributed by atoms with van der Waals surface area (Å²) in [5.74, 6) is 0. The molecule has 3 rings (SSSR count). The smallest absolute Gasteiger partial charge is 0.308 e. The maximum Gasteiger partial charge on any atom is 0.323 e. The first-order valence-corrected chi connectivity index (χ1v) is 6.77. The van der Waals surface area contributed by atoms with Gasteiger partial charge in [-0.1, -0.05) is 17.7 Å². The van der Waals surface area contributed by atoms with Gasteiger partial charge in [-0.3, -0.25) is 0 Å². The van der Waals surface area contributed by atoms with Gasteiger partial charge in [-0.2, -0.15) is 0 Å². The van der Waals surface area contributed by atoms with Crippen molar-refractivity contribution in [2.45, 2.75) is 6.92 Å². The minimum Gasteiger partial charge on any atom is -0.308 e. The third kappa shape index (κ3) is 2.98. The lowest BCUT2D eigenvalue weighted by molar-refractivity contribution is 0.262. The molecule has 2 heterocycles. The molecule has 0 aliphatic carbocycles. The molecule has 2 aromatic heterocycles. The van der Waals surface area contributed by atoms with Crippen LogP contribution in [-0.4, -0.2) is 15.4 Å². The third-order valence-corrected chi connectivity index (χ3v) is 3.17. The van der Waals surface area contributed by atoms with Crippen LogP contribution in [0.25, 0.3) is 5.65 Å². The first kappa shape index (κ1) is 13.5. The number of carbonyl (C=O) groups is 1. The molecule has 0 unspecified atom stereocenters. The predicted octanol–water partition coefficient (Wildman–Crippen LogP) is 3.94. The Morgan fingerprint density at radius 1 is 1.24 bits per heavy atom. The Morgan fingerprint density at radius 3 is 2.90 bits per heavy atom. The largest absolute Gasteiger partial charge is 0.323 e. The van der Waals surface area contributed by atoms with Crippen LogP contribution in [-0.2, 0) is 0 Å². The zero-order chi connectivity index (χ0) is 14.8. The number of hydrogen-bond acceptors (Lipinski definition) is 2. The number of rotatable bonds is 2. The first-order chi connectivity index (χ1) is 10.1. The molecular weight excluding hydrogens is 288 g/mol. The Kier molecular flexibility index (Phi) is 3.50. The highest BCUT2D eigenvalue weighted by Crippen LogP contribution is 2.18. The van der Waals surface area contributed by atoms with Crippen LogP contribution >= 0.6 is 11.6 Å². The molecule has 3 aromatic rings. The maximum atomic E-state index is 12.0. The summed E-state index contributed by atoms with van der Waals surface area (Å²) in [6.07, 6.45) is 3.78. The van der Waals surface area contributed by atoms with Crippen molar-refractivity contribution in [3.8, 4) is 0 Å². The van der Waals surface area contributed by atoms with Crippen molar-refractivity contribution in [3.05, 3.63) is 59.5 Å². The van der Waals surface area contributed by atoms with E-state index in [1.807, 2.05) is 29.8 Å². The molecule has 0 aliphatic rings. The number of aromatic nitrogens is 2. The van der Waals surface area contributed by atoms with E-state index in [2.05, 4.69) is 15.6 Å². The highest BCUT2D eigenvalue weighted by atomic mass is 35.5. The van der Waals surface area contributed by atoms with Crippen LogP contribution < -0.4 is 10.6 Å². The number of amides is 2. The van der Waals surface area contributed by atoms with E-state index < -0.39 is 0 Å². The van der Waals surface area contributed by atoms with E-state index in [9.17, 15) is 4.79 Å². The molecule has 0 saturated heterocycles. The molecule has 0 aliphatic heterocycles. The van der Waals surface area contributed by atoms with Gasteiger partial charge in [0.25, 0.3) is 0 Å². The van der Waals surface area contributed by atoms with Gasteiger partial charge >= 0.3 is 6.03 Å². The highest BCUT2D eigenvalue weighted by Gasteiger charge is 2.08.